The molecule has 0 radical (unpaired) electrons. The second-order valence-electron chi connectivity index (χ2n) is 4.10. The molecule has 1 aromatic rings. The van der Waals surface area contributed by atoms with Crippen molar-refractivity contribution in [2.45, 2.75) is 32.4 Å². The molecule has 1 rings (SSSR count). The predicted octanol–water partition coefficient (Wildman–Crippen LogP) is 1.52. The molecule has 0 spiro atoms. The number of hydrogen-bond donors (Lipinski definition) is 3. The molecule has 19 heavy (non-hydrogen) atoms. The molecule has 2 unspecified atom stereocenters. The van der Waals surface area contributed by atoms with Crippen LogP contribution in [-0.4, -0.2) is 35.6 Å². The van der Waals surface area contributed by atoms with E-state index in [4.69, 9.17) is 5.11 Å². The van der Waals surface area contributed by atoms with E-state index in [-0.39, 0.29) is 24.5 Å². The van der Waals surface area contributed by atoms with Gasteiger partial charge in [-0.2, -0.15) is 0 Å². The summed E-state index contributed by atoms with van der Waals surface area (Å²) in [5, 5.41) is 14.3. The summed E-state index contributed by atoms with van der Waals surface area (Å²) < 4.78 is 0.862. The summed E-state index contributed by atoms with van der Waals surface area (Å²) in [6.07, 6.45) is 0.640. The van der Waals surface area contributed by atoms with Gasteiger partial charge in [0.1, 0.15) is 6.04 Å². The maximum atomic E-state index is 11.8. The van der Waals surface area contributed by atoms with Gasteiger partial charge in [-0.25, -0.2) is 0 Å². The average Bonchev–Trinajstić information content (AvgIpc) is 2.82. The summed E-state index contributed by atoms with van der Waals surface area (Å²) in [4.78, 5) is 24.2. The van der Waals surface area contributed by atoms with Gasteiger partial charge in [0.2, 0.25) is 5.91 Å². The molecule has 5 nitrogen and oxygen atoms in total. The number of carbonyl (C=O) groups is 2. The quantitative estimate of drug-likeness (QED) is 0.729. The van der Waals surface area contributed by atoms with E-state index in [0.717, 1.165) is 3.79 Å². The molecule has 0 bridgehead atoms. The van der Waals surface area contributed by atoms with Gasteiger partial charge in [0, 0.05) is 0 Å². The number of aliphatic hydroxyl groups is 1. The van der Waals surface area contributed by atoms with Crippen molar-refractivity contribution in [3.05, 3.63) is 20.8 Å². The van der Waals surface area contributed by atoms with Crippen LogP contribution in [-0.2, 0) is 4.79 Å². The van der Waals surface area contributed by atoms with Gasteiger partial charge in [-0.15, -0.1) is 11.3 Å². The lowest BCUT2D eigenvalue weighted by Gasteiger charge is -2.18. The first-order chi connectivity index (χ1) is 8.97. The summed E-state index contributed by atoms with van der Waals surface area (Å²) in [6, 6.07) is 2.55. The fourth-order valence-electron chi connectivity index (χ4n) is 1.37. The van der Waals surface area contributed by atoms with Crippen LogP contribution in [0.4, 0.5) is 0 Å². The van der Waals surface area contributed by atoms with Crippen molar-refractivity contribution < 1.29 is 14.7 Å². The molecule has 3 N–H and O–H groups in total. The van der Waals surface area contributed by atoms with Crippen LogP contribution in [0.3, 0.4) is 0 Å². The van der Waals surface area contributed by atoms with E-state index in [1.54, 1.807) is 19.1 Å². The van der Waals surface area contributed by atoms with Crippen LogP contribution in [0.5, 0.6) is 0 Å². The molecule has 2 atom stereocenters. The van der Waals surface area contributed by atoms with Crippen LogP contribution in [0, 0.1) is 0 Å². The number of carbonyl (C=O) groups excluding carboxylic acids is 2. The maximum absolute atomic E-state index is 11.8. The third-order valence-corrected chi connectivity index (χ3v) is 4.22. The minimum absolute atomic E-state index is 0.110. The van der Waals surface area contributed by atoms with Gasteiger partial charge in [0.15, 0.2) is 0 Å². The van der Waals surface area contributed by atoms with Crippen LogP contribution in [0.1, 0.15) is 29.9 Å². The molecule has 0 saturated carbocycles. The molecule has 0 aromatic carbocycles. The predicted molar refractivity (Wildman–Crippen MR) is 78.3 cm³/mol. The monoisotopic (exact) mass is 348 g/mol. The molecule has 0 aliphatic heterocycles. The normalized spacial score (nSPS) is 13.7. The van der Waals surface area contributed by atoms with Crippen molar-refractivity contribution in [1.29, 1.82) is 0 Å². The Labute approximate surface area is 124 Å². The zero-order valence-corrected chi connectivity index (χ0v) is 13.2. The third-order valence-electron chi connectivity index (χ3n) is 2.60. The smallest absolute Gasteiger partial charge is 0.262 e. The van der Waals surface area contributed by atoms with Crippen molar-refractivity contribution in [1.82, 2.24) is 10.6 Å². The van der Waals surface area contributed by atoms with Crippen LogP contribution in [0.2, 0.25) is 0 Å². The lowest BCUT2D eigenvalue weighted by atomic mass is 10.2. The molecule has 1 aromatic heterocycles. The highest BCUT2D eigenvalue weighted by molar-refractivity contribution is 9.11. The first kappa shape index (κ1) is 16.1. The van der Waals surface area contributed by atoms with E-state index in [0.29, 0.717) is 11.3 Å². The molecular formula is C12H17BrN2O3S. The van der Waals surface area contributed by atoms with Crippen LogP contribution < -0.4 is 10.6 Å². The van der Waals surface area contributed by atoms with E-state index >= 15 is 0 Å². The molecule has 0 saturated heterocycles. The minimum atomic E-state index is -0.644. The summed E-state index contributed by atoms with van der Waals surface area (Å²) in [6.45, 7) is 3.37. The van der Waals surface area contributed by atoms with Crippen molar-refractivity contribution in [3.8, 4) is 0 Å². The first-order valence-corrected chi connectivity index (χ1v) is 7.56. The second kappa shape index (κ2) is 7.62. The maximum Gasteiger partial charge on any atom is 0.262 e. The fraction of sp³-hybridized carbons (Fsp3) is 0.500. The van der Waals surface area contributed by atoms with E-state index < -0.39 is 6.04 Å². The molecular weight excluding hydrogens is 332 g/mol. The zero-order chi connectivity index (χ0) is 14.4. The van der Waals surface area contributed by atoms with Crippen molar-refractivity contribution in [2.24, 2.45) is 0 Å². The fourth-order valence-corrected chi connectivity index (χ4v) is 2.66. The number of nitrogens with one attached hydrogen (secondary N) is 2. The van der Waals surface area contributed by atoms with Gasteiger partial charge in [-0.05, 0) is 41.4 Å². The lowest BCUT2D eigenvalue weighted by molar-refractivity contribution is -0.123. The van der Waals surface area contributed by atoms with Crippen LogP contribution in [0.25, 0.3) is 0 Å². The largest absolute Gasteiger partial charge is 0.394 e. The standard InChI is InChI=1S/C12H17BrN2O3S/c1-3-8(6-16)15-11(17)7(2)14-12(18)9-4-5-10(13)19-9/h4-5,7-8,16H,3,6H2,1-2H3,(H,14,18)(H,15,17). The highest BCUT2D eigenvalue weighted by atomic mass is 79.9. The highest BCUT2D eigenvalue weighted by Crippen LogP contribution is 2.21. The lowest BCUT2D eigenvalue weighted by Crippen LogP contribution is -2.48. The van der Waals surface area contributed by atoms with E-state index in [2.05, 4.69) is 26.6 Å². The number of aliphatic hydroxyl groups excluding tert-OH is 1. The van der Waals surface area contributed by atoms with Gasteiger partial charge in [0.05, 0.1) is 21.3 Å². The number of rotatable bonds is 6. The SMILES string of the molecule is CCC(CO)NC(=O)C(C)NC(=O)c1ccc(Br)s1. The van der Waals surface area contributed by atoms with Crippen molar-refractivity contribution >= 4 is 39.1 Å². The van der Waals surface area contributed by atoms with E-state index in [1.165, 1.54) is 11.3 Å². The molecule has 0 aliphatic rings. The van der Waals surface area contributed by atoms with Crippen LogP contribution >= 0.6 is 27.3 Å². The molecule has 2 amide bonds. The van der Waals surface area contributed by atoms with Gasteiger partial charge in [0.25, 0.3) is 5.91 Å². The Morgan fingerprint density at radius 1 is 1.42 bits per heavy atom. The Morgan fingerprint density at radius 2 is 2.11 bits per heavy atom. The third kappa shape index (κ3) is 4.93. The van der Waals surface area contributed by atoms with E-state index in [1.807, 2.05) is 6.92 Å². The topological polar surface area (TPSA) is 78.4 Å². The van der Waals surface area contributed by atoms with Crippen molar-refractivity contribution in [3.63, 3.8) is 0 Å². The molecule has 106 valence electrons. The van der Waals surface area contributed by atoms with Crippen molar-refractivity contribution in [2.75, 3.05) is 6.61 Å². The zero-order valence-electron chi connectivity index (χ0n) is 10.8. The minimum Gasteiger partial charge on any atom is -0.394 e. The summed E-state index contributed by atoms with van der Waals surface area (Å²) >= 11 is 4.58. The van der Waals surface area contributed by atoms with Gasteiger partial charge in [-0.1, -0.05) is 6.92 Å². The number of hydrogen-bond acceptors (Lipinski definition) is 4. The number of thiophene rings is 1. The summed E-state index contributed by atoms with van der Waals surface area (Å²) in [5.41, 5.74) is 0. The van der Waals surface area contributed by atoms with E-state index in [9.17, 15) is 9.59 Å². The summed E-state index contributed by atoms with van der Waals surface area (Å²) in [5.74, 6) is -0.583. The number of amides is 2. The number of halogens is 1. The Balaban J connectivity index is 2.52. The Hall–Kier alpha value is -0.920. The Bertz CT molecular complexity index is 446. The Kier molecular flexibility index (Phi) is 6.47. The van der Waals surface area contributed by atoms with Gasteiger partial charge in [-0.3, -0.25) is 9.59 Å². The molecule has 7 heteroatoms. The first-order valence-electron chi connectivity index (χ1n) is 5.95. The second-order valence-corrected chi connectivity index (χ2v) is 6.56. The average molecular weight is 349 g/mol. The summed E-state index contributed by atoms with van der Waals surface area (Å²) in [7, 11) is 0. The molecule has 0 aliphatic carbocycles. The highest BCUT2D eigenvalue weighted by Gasteiger charge is 2.19. The Morgan fingerprint density at radius 3 is 2.58 bits per heavy atom. The van der Waals surface area contributed by atoms with Crippen LogP contribution in [0.15, 0.2) is 15.9 Å². The molecule has 0 fully saturated rings. The molecule has 1 heterocycles. The van der Waals surface area contributed by atoms with Gasteiger partial charge >= 0.3 is 0 Å². The van der Waals surface area contributed by atoms with Gasteiger partial charge < -0.3 is 15.7 Å².